The van der Waals surface area contributed by atoms with E-state index in [1.807, 2.05) is 6.07 Å². The Hall–Kier alpha value is -1.86. The van der Waals surface area contributed by atoms with E-state index >= 15 is 0 Å². The lowest BCUT2D eigenvalue weighted by atomic mass is 10.0. The van der Waals surface area contributed by atoms with E-state index in [1.165, 1.54) is 6.07 Å². The minimum Gasteiger partial charge on any atom is -0.282 e. The number of hydrogen-bond acceptors (Lipinski definition) is 2. The van der Waals surface area contributed by atoms with E-state index in [0.29, 0.717) is 16.8 Å². The van der Waals surface area contributed by atoms with Crippen molar-refractivity contribution in [3.05, 3.63) is 39.9 Å². The van der Waals surface area contributed by atoms with E-state index in [4.69, 9.17) is 16.9 Å². The smallest absolute Gasteiger partial charge is 0.151 e. The molecule has 1 heterocycles. The van der Waals surface area contributed by atoms with Crippen LogP contribution in [-0.4, -0.2) is 10.2 Å². The molecule has 0 aliphatic carbocycles. The molecule has 0 unspecified atom stereocenters. The number of benzene rings is 1. The van der Waals surface area contributed by atoms with Gasteiger partial charge in [0.15, 0.2) is 5.82 Å². The number of nitriles is 1. The van der Waals surface area contributed by atoms with Crippen LogP contribution in [0.3, 0.4) is 0 Å². The number of rotatable bonds is 1. The van der Waals surface area contributed by atoms with Crippen LogP contribution in [0.5, 0.6) is 0 Å². The van der Waals surface area contributed by atoms with Gasteiger partial charge in [-0.25, -0.2) is 4.39 Å². The fourth-order valence-electron chi connectivity index (χ4n) is 1.78. The molecule has 0 aliphatic rings. The summed E-state index contributed by atoms with van der Waals surface area (Å²) < 4.78 is 14.0. The molecule has 0 saturated heterocycles. The number of aromatic amines is 1. The average Bonchev–Trinajstić information content (AvgIpc) is 2.63. The van der Waals surface area contributed by atoms with Crippen LogP contribution < -0.4 is 0 Å². The molecule has 0 saturated carbocycles. The van der Waals surface area contributed by atoms with Crippen LogP contribution >= 0.6 is 11.6 Å². The maximum absolute atomic E-state index is 14.0. The van der Waals surface area contributed by atoms with Crippen LogP contribution in [0.15, 0.2) is 12.1 Å². The first-order valence-electron chi connectivity index (χ1n) is 4.96. The van der Waals surface area contributed by atoms with Crippen molar-refractivity contribution in [1.29, 1.82) is 5.26 Å². The quantitative estimate of drug-likeness (QED) is 0.843. The van der Waals surface area contributed by atoms with Crippen molar-refractivity contribution in [2.45, 2.75) is 13.8 Å². The maximum atomic E-state index is 14.0. The molecule has 17 heavy (non-hydrogen) atoms. The molecule has 0 fully saturated rings. The molecule has 1 N–H and O–H groups in total. The van der Waals surface area contributed by atoms with E-state index in [0.717, 1.165) is 5.69 Å². The summed E-state index contributed by atoms with van der Waals surface area (Å²) in [6, 6.07) is 4.90. The summed E-state index contributed by atoms with van der Waals surface area (Å²) in [6.07, 6.45) is 0. The summed E-state index contributed by atoms with van der Waals surface area (Å²) >= 11 is 5.79. The fourth-order valence-corrected chi connectivity index (χ4v) is 1.98. The Morgan fingerprint density at radius 1 is 1.41 bits per heavy atom. The third kappa shape index (κ3) is 1.79. The zero-order valence-corrected chi connectivity index (χ0v) is 10.1. The van der Waals surface area contributed by atoms with Crippen LogP contribution in [0, 0.1) is 31.0 Å². The van der Waals surface area contributed by atoms with Crippen LogP contribution in [0.1, 0.15) is 17.0 Å². The average molecular weight is 250 g/mol. The molecule has 0 amide bonds. The summed E-state index contributed by atoms with van der Waals surface area (Å²) in [5.74, 6) is -0.585. The van der Waals surface area contributed by atoms with Gasteiger partial charge in [-0.15, -0.1) is 0 Å². The van der Waals surface area contributed by atoms with Crippen molar-refractivity contribution in [3.8, 4) is 17.2 Å². The molecule has 2 aromatic rings. The summed E-state index contributed by atoms with van der Waals surface area (Å²) in [5, 5.41) is 15.4. The van der Waals surface area contributed by atoms with Crippen LogP contribution in [0.2, 0.25) is 5.02 Å². The molecule has 0 radical (unpaired) electrons. The SMILES string of the molecule is Cc1n[nH]c(C)c1-c1ccc(C#N)c(Cl)c1F. The predicted octanol–water partition coefficient (Wildman–Crippen LogP) is 3.36. The minimum atomic E-state index is -0.585. The second-order valence-corrected chi connectivity index (χ2v) is 4.09. The molecule has 0 spiro atoms. The molecule has 0 bridgehead atoms. The van der Waals surface area contributed by atoms with Gasteiger partial charge in [0.2, 0.25) is 0 Å². The van der Waals surface area contributed by atoms with Crippen molar-refractivity contribution >= 4 is 11.6 Å². The highest BCUT2D eigenvalue weighted by molar-refractivity contribution is 6.32. The van der Waals surface area contributed by atoms with Crippen LogP contribution in [0.25, 0.3) is 11.1 Å². The van der Waals surface area contributed by atoms with E-state index in [1.54, 1.807) is 19.9 Å². The highest BCUT2D eigenvalue weighted by Crippen LogP contribution is 2.32. The molecule has 2 rings (SSSR count). The van der Waals surface area contributed by atoms with Gasteiger partial charge in [-0.2, -0.15) is 10.4 Å². The highest BCUT2D eigenvalue weighted by atomic mass is 35.5. The number of nitrogens with zero attached hydrogens (tertiary/aromatic N) is 2. The Kier molecular flexibility index (Phi) is 2.86. The van der Waals surface area contributed by atoms with Crippen LogP contribution in [-0.2, 0) is 0 Å². The first-order valence-corrected chi connectivity index (χ1v) is 5.34. The zero-order chi connectivity index (χ0) is 12.6. The van der Waals surface area contributed by atoms with E-state index in [9.17, 15) is 4.39 Å². The van der Waals surface area contributed by atoms with Crippen molar-refractivity contribution < 1.29 is 4.39 Å². The Labute approximate surface area is 103 Å². The predicted molar refractivity (Wildman–Crippen MR) is 63.2 cm³/mol. The van der Waals surface area contributed by atoms with Crippen molar-refractivity contribution in [2.24, 2.45) is 0 Å². The number of nitrogens with one attached hydrogen (secondary N) is 1. The standard InChI is InChI=1S/C12H9ClFN3/c1-6-10(7(2)17-16-6)9-4-3-8(5-15)11(13)12(9)14/h3-4H,1-2H3,(H,16,17). The summed E-state index contributed by atoms with van der Waals surface area (Å²) in [7, 11) is 0. The number of H-pyrrole nitrogens is 1. The molecule has 86 valence electrons. The fraction of sp³-hybridized carbons (Fsp3) is 0.167. The Morgan fingerprint density at radius 2 is 2.12 bits per heavy atom. The van der Waals surface area contributed by atoms with Crippen molar-refractivity contribution in [1.82, 2.24) is 10.2 Å². The second-order valence-electron chi connectivity index (χ2n) is 3.71. The first-order chi connectivity index (χ1) is 8.06. The second kappa shape index (κ2) is 4.19. The van der Waals surface area contributed by atoms with Gasteiger partial charge in [-0.1, -0.05) is 11.6 Å². The maximum Gasteiger partial charge on any atom is 0.151 e. The van der Waals surface area contributed by atoms with Gasteiger partial charge in [0.25, 0.3) is 0 Å². The molecule has 5 heteroatoms. The molecular formula is C12H9ClFN3. The monoisotopic (exact) mass is 249 g/mol. The van der Waals surface area contributed by atoms with Crippen molar-refractivity contribution in [2.75, 3.05) is 0 Å². The lowest BCUT2D eigenvalue weighted by Crippen LogP contribution is -1.91. The number of aromatic nitrogens is 2. The molecule has 0 aliphatic heterocycles. The van der Waals surface area contributed by atoms with E-state index in [2.05, 4.69) is 10.2 Å². The number of aryl methyl sites for hydroxylation is 2. The third-order valence-electron chi connectivity index (χ3n) is 2.60. The molecule has 1 aromatic carbocycles. The Bertz CT molecular complexity index is 606. The third-order valence-corrected chi connectivity index (χ3v) is 2.97. The van der Waals surface area contributed by atoms with Gasteiger partial charge in [0.05, 0.1) is 16.3 Å². The first kappa shape index (κ1) is 11.6. The Morgan fingerprint density at radius 3 is 2.65 bits per heavy atom. The summed E-state index contributed by atoms with van der Waals surface area (Å²) in [4.78, 5) is 0. The van der Waals surface area contributed by atoms with Gasteiger partial charge in [-0.3, -0.25) is 5.10 Å². The number of hydrogen-bond donors (Lipinski definition) is 1. The van der Waals surface area contributed by atoms with Gasteiger partial charge in [0, 0.05) is 16.8 Å². The van der Waals surface area contributed by atoms with E-state index < -0.39 is 5.82 Å². The molecule has 0 atom stereocenters. The van der Waals surface area contributed by atoms with Gasteiger partial charge in [-0.05, 0) is 26.0 Å². The minimum absolute atomic E-state index is 0.131. The lowest BCUT2D eigenvalue weighted by Gasteiger charge is -2.06. The largest absolute Gasteiger partial charge is 0.282 e. The molecule has 3 nitrogen and oxygen atoms in total. The van der Waals surface area contributed by atoms with Crippen molar-refractivity contribution in [3.63, 3.8) is 0 Å². The molecule has 1 aromatic heterocycles. The lowest BCUT2D eigenvalue weighted by molar-refractivity contribution is 0.631. The molecular weight excluding hydrogens is 241 g/mol. The van der Waals surface area contributed by atoms with Gasteiger partial charge < -0.3 is 0 Å². The summed E-state index contributed by atoms with van der Waals surface area (Å²) in [5.41, 5.74) is 2.64. The number of halogens is 2. The van der Waals surface area contributed by atoms with Gasteiger partial charge >= 0.3 is 0 Å². The van der Waals surface area contributed by atoms with E-state index in [-0.39, 0.29) is 10.6 Å². The zero-order valence-electron chi connectivity index (χ0n) is 9.31. The summed E-state index contributed by atoms with van der Waals surface area (Å²) in [6.45, 7) is 3.59. The van der Waals surface area contributed by atoms with Gasteiger partial charge in [0.1, 0.15) is 6.07 Å². The topological polar surface area (TPSA) is 52.5 Å². The Balaban J connectivity index is 2.71. The normalized spacial score (nSPS) is 10.3. The van der Waals surface area contributed by atoms with Crippen LogP contribution in [0.4, 0.5) is 4.39 Å². The highest BCUT2D eigenvalue weighted by Gasteiger charge is 2.17.